The molecule has 0 unspecified atom stereocenters. The Hall–Kier alpha value is -3.03. The Kier molecular flexibility index (Phi) is 4.24. The number of carbonyl (C=O) groups is 1. The molecule has 4 rings (SSSR count). The minimum Gasteiger partial charge on any atom is -0.349 e. The van der Waals surface area contributed by atoms with Gasteiger partial charge in [0.15, 0.2) is 5.65 Å². The van der Waals surface area contributed by atoms with Gasteiger partial charge in [0.05, 0.1) is 18.4 Å². The van der Waals surface area contributed by atoms with Crippen molar-refractivity contribution in [3.05, 3.63) is 48.3 Å². The molecule has 1 N–H and O–H groups in total. The van der Waals surface area contributed by atoms with Crippen LogP contribution in [0.3, 0.4) is 0 Å². The zero-order valence-electron chi connectivity index (χ0n) is 14.4. The van der Waals surface area contributed by atoms with Crippen LogP contribution >= 0.6 is 0 Å². The fourth-order valence-electron chi connectivity index (χ4n) is 3.34. The number of carbonyl (C=O) groups excluding carboxylic acids is 1. The fourth-order valence-corrected chi connectivity index (χ4v) is 3.34. The summed E-state index contributed by atoms with van der Waals surface area (Å²) in [5.74, 6) is 0.354. The highest BCUT2D eigenvalue weighted by Gasteiger charge is 2.28. The molecule has 4 heterocycles. The van der Waals surface area contributed by atoms with E-state index < -0.39 is 0 Å². The molecule has 0 aromatic carbocycles. The Morgan fingerprint density at radius 2 is 2.27 bits per heavy atom. The first kappa shape index (κ1) is 16.4. The summed E-state index contributed by atoms with van der Waals surface area (Å²) in [7, 11) is 0. The van der Waals surface area contributed by atoms with Gasteiger partial charge in [0.25, 0.3) is 0 Å². The number of nitrogens with zero attached hydrogens (tertiary/aromatic N) is 5. The molecular weight excluding hydrogens is 335 g/mol. The Labute approximate surface area is 149 Å². The number of pyridine rings is 1. The molecule has 3 aromatic heterocycles. The van der Waals surface area contributed by atoms with E-state index in [2.05, 4.69) is 20.3 Å². The second-order valence-electron chi connectivity index (χ2n) is 6.30. The first-order valence-corrected chi connectivity index (χ1v) is 8.67. The second kappa shape index (κ2) is 6.70. The van der Waals surface area contributed by atoms with E-state index in [0.29, 0.717) is 17.8 Å². The lowest BCUT2D eigenvalue weighted by atomic mass is 10.1. The minimum absolute atomic E-state index is 0.0322. The molecule has 0 spiro atoms. The molecule has 0 radical (unpaired) electrons. The van der Waals surface area contributed by atoms with Crippen LogP contribution in [0, 0.1) is 5.82 Å². The topological polar surface area (TPSA) is 75.4 Å². The number of fused-ring (bicyclic) bond motifs is 1. The molecule has 1 fully saturated rings. The van der Waals surface area contributed by atoms with Crippen molar-refractivity contribution in [3.63, 3.8) is 0 Å². The van der Waals surface area contributed by atoms with Crippen molar-refractivity contribution in [1.29, 1.82) is 0 Å². The Morgan fingerprint density at radius 3 is 3.08 bits per heavy atom. The molecule has 0 bridgehead atoms. The molecule has 134 valence electrons. The molecule has 0 aliphatic carbocycles. The number of aromatic nitrogens is 4. The standard InChI is InChI=1S/C18H19FN6O/c1-2-17(26)22-14-11-21-25-7-5-16(23-18(14)25)24-6-3-4-15(24)12-8-13(19)10-20-9-12/h5,7-11,15H,2-4,6H2,1H3,(H,22,26)/t15-/m0/s1. The largest absolute Gasteiger partial charge is 0.349 e. The maximum Gasteiger partial charge on any atom is 0.224 e. The van der Waals surface area contributed by atoms with Gasteiger partial charge < -0.3 is 10.2 Å². The summed E-state index contributed by atoms with van der Waals surface area (Å²) >= 11 is 0. The van der Waals surface area contributed by atoms with Gasteiger partial charge in [-0.2, -0.15) is 5.10 Å². The minimum atomic E-state index is -0.335. The third kappa shape index (κ3) is 2.98. The quantitative estimate of drug-likeness (QED) is 0.780. The lowest BCUT2D eigenvalue weighted by Crippen LogP contribution is -2.24. The van der Waals surface area contributed by atoms with Crippen molar-refractivity contribution < 1.29 is 9.18 Å². The summed E-state index contributed by atoms with van der Waals surface area (Å²) in [4.78, 5) is 22.5. The van der Waals surface area contributed by atoms with Gasteiger partial charge in [0, 0.05) is 25.4 Å². The Bertz CT molecular complexity index is 956. The van der Waals surface area contributed by atoms with Gasteiger partial charge >= 0.3 is 0 Å². The zero-order valence-corrected chi connectivity index (χ0v) is 14.4. The SMILES string of the molecule is CCC(=O)Nc1cnn2ccc(N3CCC[C@H]3c3cncc(F)c3)nc12. The summed E-state index contributed by atoms with van der Waals surface area (Å²) in [6.45, 7) is 2.62. The number of anilines is 2. The van der Waals surface area contributed by atoms with Crippen LogP contribution in [0.2, 0.25) is 0 Å². The molecule has 3 aromatic rings. The number of rotatable bonds is 4. The van der Waals surface area contributed by atoms with Crippen LogP contribution in [0.1, 0.15) is 37.8 Å². The van der Waals surface area contributed by atoms with Crippen LogP contribution in [0.4, 0.5) is 15.9 Å². The predicted octanol–water partition coefficient (Wildman–Crippen LogP) is 2.95. The van der Waals surface area contributed by atoms with E-state index in [1.807, 2.05) is 12.3 Å². The van der Waals surface area contributed by atoms with Crippen LogP contribution < -0.4 is 10.2 Å². The molecule has 0 saturated carbocycles. The average Bonchev–Trinajstić information content (AvgIpc) is 3.28. The lowest BCUT2D eigenvalue weighted by Gasteiger charge is -2.26. The number of halogens is 1. The number of hydrogen-bond donors (Lipinski definition) is 1. The van der Waals surface area contributed by atoms with Crippen molar-refractivity contribution >= 4 is 23.1 Å². The van der Waals surface area contributed by atoms with Crippen molar-refractivity contribution in [2.75, 3.05) is 16.8 Å². The molecule has 1 aliphatic rings. The van der Waals surface area contributed by atoms with Gasteiger partial charge in [-0.05, 0) is 30.5 Å². The van der Waals surface area contributed by atoms with Crippen molar-refractivity contribution in [2.45, 2.75) is 32.2 Å². The van der Waals surface area contributed by atoms with Crippen LogP contribution in [0.5, 0.6) is 0 Å². The number of amides is 1. The highest BCUT2D eigenvalue weighted by Crippen LogP contribution is 2.35. The highest BCUT2D eigenvalue weighted by atomic mass is 19.1. The molecular formula is C18H19FN6O. The second-order valence-corrected chi connectivity index (χ2v) is 6.30. The summed E-state index contributed by atoms with van der Waals surface area (Å²) in [5, 5.41) is 7.04. The molecule has 8 heteroatoms. The molecule has 1 atom stereocenters. The number of hydrogen-bond acceptors (Lipinski definition) is 5. The van der Waals surface area contributed by atoms with Crippen LogP contribution in [0.15, 0.2) is 36.9 Å². The van der Waals surface area contributed by atoms with Crippen LogP contribution in [-0.4, -0.2) is 32.0 Å². The van der Waals surface area contributed by atoms with Gasteiger partial charge in [-0.3, -0.25) is 9.78 Å². The third-order valence-electron chi connectivity index (χ3n) is 4.61. The summed E-state index contributed by atoms with van der Waals surface area (Å²) in [6, 6.07) is 3.45. The number of nitrogens with one attached hydrogen (secondary N) is 1. The van der Waals surface area contributed by atoms with E-state index in [-0.39, 0.29) is 17.8 Å². The molecule has 26 heavy (non-hydrogen) atoms. The van der Waals surface area contributed by atoms with Gasteiger partial charge in [0.1, 0.15) is 17.3 Å². The zero-order chi connectivity index (χ0) is 18.1. The van der Waals surface area contributed by atoms with Gasteiger partial charge in [-0.15, -0.1) is 0 Å². The van der Waals surface area contributed by atoms with Crippen molar-refractivity contribution in [1.82, 2.24) is 19.6 Å². The molecule has 7 nitrogen and oxygen atoms in total. The van der Waals surface area contributed by atoms with Gasteiger partial charge in [-0.1, -0.05) is 6.92 Å². The predicted molar refractivity (Wildman–Crippen MR) is 95.4 cm³/mol. The first-order chi connectivity index (χ1) is 12.7. The third-order valence-corrected chi connectivity index (χ3v) is 4.61. The van der Waals surface area contributed by atoms with Crippen molar-refractivity contribution in [2.24, 2.45) is 0 Å². The smallest absolute Gasteiger partial charge is 0.224 e. The van der Waals surface area contributed by atoms with E-state index >= 15 is 0 Å². The van der Waals surface area contributed by atoms with E-state index in [1.54, 1.807) is 23.8 Å². The fraction of sp³-hybridized carbons (Fsp3) is 0.333. The maximum atomic E-state index is 13.6. The van der Waals surface area contributed by atoms with Gasteiger partial charge in [-0.25, -0.2) is 13.9 Å². The monoisotopic (exact) mass is 354 g/mol. The lowest BCUT2D eigenvalue weighted by molar-refractivity contribution is -0.115. The highest BCUT2D eigenvalue weighted by molar-refractivity contribution is 5.94. The van der Waals surface area contributed by atoms with Gasteiger partial charge in [0.2, 0.25) is 5.91 Å². The first-order valence-electron chi connectivity index (χ1n) is 8.67. The van der Waals surface area contributed by atoms with E-state index in [4.69, 9.17) is 4.98 Å². The van der Waals surface area contributed by atoms with E-state index in [9.17, 15) is 9.18 Å². The average molecular weight is 354 g/mol. The Morgan fingerprint density at radius 1 is 1.38 bits per heavy atom. The van der Waals surface area contributed by atoms with Crippen molar-refractivity contribution in [3.8, 4) is 0 Å². The van der Waals surface area contributed by atoms with E-state index in [1.165, 1.54) is 12.3 Å². The Balaban J connectivity index is 1.69. The molecule has 1 saturated heterocycles. The maximum absolute atomic E-state index is 13.6. The van der Waals surface area contributed by atoms with Crippen LogP contribution in [-0.2, 0) is 4.79 Å². The summed E-state index contributed by atoms with van der Waals surface area (Å²) < 4.78 is 15.2. The van der Waals surface area contributed by atoms with E-state index in [0.717, 1.165) is 30.8 Å². The molecule has 1 aliphatic heterocycles. The molecule has 1 amide bonds. The van der Waals surface area contributed by atoms with Crippen LogP contribution in [0.25, 0.3) is 5.65 Å². The summed E-state index contributed by atoms with van der Waals surface area (Å²) in [5.41, 5.74) is 2.02. The summed E-state index contributed by atoms with van der Waals surface area (Å²) in [6.07, 6.45) is 8.62. The normalized spacial score (nSPS) is 17.0.